The molecule has 0 bridgehead atoms. The highest BCUT2D eigenvalue weighted by Crippen LogP contribution is 2.30. The van der Waals surface area contributed by atoms with E-state index in [2.05, 4.69) is 40.0 Å². The van der Waals surface area contributed by atoms with Crippen molar-refractivity contribution in [2.45, 2.75) is 26.9 Å². The van der Waals surface area contributed by atoms with E-state index in [0.717, 1.165) is 0 Å². The fourth-order valence-electron chi connectivity index (χ4n) is 1.94. The van der Waals surface area contributed by atoms with Crippen molar-refractivity contribution in [3.63, 3.8) is 0 Å². The van der Waals surface area contributed by atoms with E-state index in [-0.39, 0.29) is 12.4 Å². The summed E-state index contributed by atoms with van der Waals surface area (Å²) in [5, 5.41) is 8.14. The SMILES string of the molecule is CC(C)Cn1c(CN)nnc1-c1c(F)cccc1Br. The molecule has 0 saturated carbocycles. The van der Waals surface area contributed by atoms with E-state index in [0.29, 0.717) is 34.1 Å². The zero-order valence-corrected chi connectivity index (χ0v) is 12.5. The Balaban J connectivity index is 2.59. The first kappa shape index (κ1) is 14.1. The van der Waals surface area contributed by atoms with Crippen LogP contribution in [0.25, 0.3) is 11.4 Å². The van der Waals surface area contributed by atoms with E-state index in [1.54, 1.807) is 12.1 Å². The minimum Gasteiger partial charge on any atom is -0.324 e. The second kappa shape index (κ2) is 5.79. The van der Waals surface area contributed by atoms with Gasteiger partial charge in [-0.1, -0.05) is 19.9 Å². The molecule has 4 nitrogen and oxygen atoms in total. The summed E-state index contributed by atoms with van der Waals surface area (Å²) < 4.78 is 16.6. The number of hydrogen-bond acceptors (Lipinski definition) is 3. The Morgan fingerprint density at radius 3 is 2.68 bits per heavy atom. The lowest BCUT2D eigenvalue weighted by molar-refractivity contribution is 0.509. The van der Waals surface area contributed by atoms with Crippen LogP contribution in [0.15, 0.2) is 22.7 Å². The van der Waals surface area contributed by atoms with Crippen molar-refractivity contribution < 1.29 is 4.39 Å². The summed E-state index contributed by atoms with van der Waals surface area (Å²) in [6.07, 6.45) is 0. The Morgan fingerprint density at radius 1 is 1.37 bits per heavy atom. The van der Waals surface area contributed by atoms with Gasteiger partial charge in [0, 0.05) is 11.0 Å². The molecule has 0 amide bonds. The van der Waals surface area contributed by atoms with Crippen molar-refractivity contribution >= 4 is 15.9 Å². The van der Waals surface area contributed by atoms with E-state index in [1.807, 2.05) is 4.57 Å². The average Bonchev–Trinajstić information content (AvgIpc) is 2.71. The monoisotopic (exact) mass is 326 g/mol. The maximum atomic E-state index is 14.0. The van der Waals surface area contributed by atoms with Crippen molar-refractivity contribution in [1.29, 1.82) is 0 Å². The van der Waals surface area contributed by atoms with Crippen molar-refractivity contribution in [2.24, 2.45) is 11.7 Å². The lowest BCUT2D eigenvalue weighted by Crippen LogP contribution is -2.13. The lowest BCUT2D eigenvalue weighted by Gasteiger charge is -2.13. The Labute approximate surface area is 120 Å². The molecular formula is C13H16BrFN4. The Kier molecular flexibility index (Phi) is 4.31. The molecule has 2 rings (SSSR count). The highest BCUT2D eigenvalue weighted by atomic mass is 79.9. The maximum Gasteiger partial charge on any atom is 0.168 e. The van der Waals surface area contributed by atoms with Crippen LogP contribution in [-0.4, -0.2) is 14.8 Å². The van der Waals surface area contributed by atoms with Gasteiger partial charge in [0.15, 0.2) is 5.82 Å². The molecule has 1 aromatic carbocycles. The second-order valence-corrected chi connectivity index (χ2v) is 5.60. The van der Waals surface area contributed by atoms with Gasteiger partial charge in [0.2, 0.25) is 0 Å². The molecule has 0 spiro atoms. The van der Waals surface area contributed by atoms with E-state index in [1.165, 1.54) is 6.07 Å². The van der Waals surface area contributed by atoms with Crippen LogP contribution in [0.2, 0.25) is 0 Å². The lowest BCUT2D eigenvalue weighted by atomic mass is 10.1. The zero-order valence-electron chi connectivity index (χ0n) is 10.9. The van der Waals surface area contributed by atoms with E-state index >= 15 is 0 Å². The van der Waals surface area contributed by atoms with Crippen LogP contribution in [0, 0.1) is 11.7 Å². The predicted octanol–water partition coefficient (Wildman–Crippen LogP) is 2.96. The van der Waals surface area contributed by atoms with Crippen molar-refractivity contribution in [3.8, 4) is 11.4 Å². The number of nitrogens with zero attached hydrogens (tertiary/aromatic N) is 3. The summed E-state index contributed by atoms with van der Waals surface area (Å²) in [6, 6.07) is 4.85. The molecule has 0 aliphatic heterocycles. The average molecular weight is 327 g/mol. The molecule has 6 heteroatoms. The standard InChI is InChI=1S/C13H16BrFN4/c1-8(2)7-19-11(6-16)17-18-13(19)12-9(14)4-3-5-10(12)15/h3-5,8H,6-7,16H2,1-2H3. The second-order valence-electron chi connectivity index (χ2n) is 4.75. The van der Waals surface area contributed by atoms with Gasteiger partial charge in [0.1, 0.15) is 11.6 Å². The summed E-state index contributed by atoms with van der Waals surface area (Å²) in [7, 11) is 0. The Morgan fingerprint density at radius 2 is 2.11 bits per heavy atom. The Hall–Kier alpha value is -1.27. The Bertz CT molecular complexity index is 560. The molecule has 2 aromatic rings. The first-order chi connectivity index (χ1) is 9.04. The summed E-state index contributed by atoms with van der Waals surface area (Å²) in [6.45, 7) is 5.16. The first-order valence-electron chi connectivity index (χ1n) is 6.11. The summed E-state index contributed by atoms with van der Waals surface area (Å²) in [5.41, 5.74) is 6.09. The molecule has 0 radical (unpaired) electrons. The molecule has 102 valence electrons. The van der Waals surface area contributed by atoms with Gasteiger partial charge >= 0.3 is 0 Å². The largest absolute Gasteiger partial charge is 0.324 e. The van der Waals surface area contributed by atoms with Crippen LogP contribution in [-0.2, 0) is 13.1 Å². The van der Waals surface area contributed by atoms with Gasteiger partial charge in [-0.3, -0.25) is 0 Å². The third-order valence-corrected chi connectivity index (χ3v) is 3.40. The minimum absolute atomic E-state index is 0.284. The maximum absolute atomic E-state index is 14.0. The van der Waals surface area contributed by atoms with Gasteiger partial charge in [-0.15, -0.1) is 10.2 Å². The zero-order chi connectivity index (χ0) is 14.0. The van der Waals surface area contributed by atoms with Crippen LogP contribution in [0.4, 0.5) is 4.39 Å². The molecule has 1 aromatic heterocycles. The minimum atomic E-state index is -0.324. The molecule has 0 aliphatic carbocycles. The molecule has 0 saturated heterocycles. The van der Waals surface area contributed by atoms with Crippen LogP contribution in [0.5, 0.6) is 0 Å². The molecule has 0 atom stereocenters. The number of aromatic nitrogens is 3. The van der Waals surface area contributed by atoms with Gasteiger partial charge in [-0.2, -0.15) is 0 Å². The smallest absolute Gasteiger partial charge is 0.168 e. The van der Waals surface area contributed by atoms with Gasteiger partial charge in [0.25, 0.3) is 0 Å². The third kappa shape index (κ3) is 2.84. The van der Waals surface area contributed by atoms with Crippen LogP contribution in [0.1, 0.15) is 19.7 Å². The van der Waals surface area contributed by atoms with Crippen molar-refractivity contribution in [3.05, 3.63) is 34.3 Å². The molecule has 0 unspecified atom stereocenters. The van der Waals surface area contributed by atoms with Crippen molar-refractivity contribution in [1.82, 2.24) is 14.8 Å². The third-order valence-electron chi connectivity index (χ3n) is 2.74. The first-order valence-corrected chi connectivity index (χ1v) is 6.90. The number of rotatable bonds is 4. The molecule has 2 N–H and O–H groups in total. The number of nitrogens with two attached hydrogens (primary N) is 1. The fourth-order valence-corrected chi connectivity index (χ4v) is 2.46. The van der Waals surface area contributed by atoms with E-state index in [9.17, 15) is 4.39 Å². The quantitative estimate of drug-likeness (QED) is 0.939. The molecule has 19 heavy (non-hydrogen) atoms. The number of benzene rings is 1. The summed E-state index contributed by atoms with van der Waals surface area (Å²) in [5.74, 6) is 1.25. The van der Waals surface area contributed by atoms with Gasteiger partial charge in [0.05, 0.1) is 12.1 Å². The molecule has 0 aliphatic rings. The highest BCUT2D eigenvalue weighted by Gasteiger charge is 2.19. The normalized spacial score (nSPS) is 11.3. The van der Waals surface area contributed by atoms with Gasteiger partial charge in [-0.05, 0) is 34.0 Å². The van der Waals surface area contributed by atoms with Crippen LogP contribution >= 0.6 is 15.9 Å². The number of halogens is 2. The fraction of sp³-hybridized carbons (Fsp3) is 0.385. The summed E-state index contributed by atoms with van der Waals surface area (Å²) >= 11 is 3.36. The molecular weight excluding hydrogens is 311 g/mol. The topological polar surface area (TPSA) is 56.7 Å². The summed E-state index contributed by atoms with van der Waals surface area (Å²) in [4.78, 5) is 0. The molecule has 0 fully saturated rings. The van der Waals surface area contributed by atoms with Crippen LogP contribution in [0.3, 0.4) is 0 Å². The van der Waals surface area contributed by atoms with Crippen LogP contribution < -0.4 is 5.73 Å². The molecule has 1 heterocycles. The predicted molar refractivity (Wildman–Crippen MR) is 75.8 cm³/mol. The highest BCUT2D eigenvalue weighted by molar-refractivity contribution is 9.10. The van der Waals surface area contributed by atoms with E-state index in [4.69, 9.17) is 5.73 Å². The van der Waals surface area contributed by atoms with Gasteiger partial charge in [-0.25, -0.2) is 4.39 Å². The van der Waals surface area contributed by atoms with E-state index < -0.39 is 0 Å². The van der Waals surface area contributed by atoms with Crippen molar-refractivity contribution in [2.75, 3.05) is 0 Å². The number of hydrogen-bond donors (Lipinski definition) is 1. The van der Waals surface area contributed by atoms with Gasteiger partial charge < -0.3 is 10.3 Å².